The first kappa shape index (κ1) is 13.1. The van der Waals surface area contributed by atoms with Crippen molar-refractivity contribution in [3.05, 3.63) is 53.4 Å². The van der Waals surface area contributed by atoms with Crippen molar-refractivity contribution >= 4 is 23.4 Å². The second-order valence-corrected chi connectivity index (χ2v) is 5.29. The highest BCUT2D eigenvalue weighted by molar-refractivity contribution is 7.98. The summed E-state index contributed by atoms with van der Waals surface area (Å²) in [6.07, 6.45) is 4.88. The minimum absolute atomic E-state index is 0.611. The minimum Gasteiger partial charge on any atom is -0.261 e. The molecule has 3 rings (SSSR count). The average Bonchev–Trinajstić information content (AvgIpc) is 2.96. The zero-order valence-electron chi connectivity index (χ0n) is 10.3. The second-order valence-electron chi connectivity index (χ2n) is 3.94. The van der Waals surface area contributed by atoms with Gasteiger partial charge in [0.2, 0.25) is 5.16 Å². The molecule has 7 heteroatoms. The Hall–Kier alpha value is -1.92. The predicted octanol–water partition coefficient (Wildman–Crippen LogP) is 3.21. The van der Waals surface area contributed by atoms with Crippen LogP contribution < -0.4 is 0 Å². The van der Waals surface area contributed by atoms with Gasteiger partial charge >= 0.3 is 0 Å². The number of hydrogen-bond donors (Lipinski definition) is 1. The Balaban J connectivity index is 1.71. The largest absolute Gasteiger partial charge is 0.261 e. The van der Waals surface area contributed by atoms with Crippen molar-refractivity contribution in [1.29, 1.82) is 0 Å². The van der Waals surface area contributed by atoms with Crippen molar-refractivity contribution in [3.63, 3.8) is 0 Å². The number of rotatable bonds is 4. The SMILES string of the molecule is Clc1ccccc1CSc1n[nH]c(-c2cnccn2)n1. The third-order valence-corrected chi connectivity index (χ3v) is 3.85. The smallest absolute Gasteiger partial charge is 0.209 e. The van der Waals surface area contributed by atoms with Gasteiger partial charge in [-0.15, -0.1) is 5.10 Å². The van der Waals surface area contributed by atoms with Gasteiger partial charge in [-0.2, -0.15) is 4.98 Å². The summed E-state index contributed by atoms with van der Waals surface area (Å²) in [5, 5.41) is 8.42. The summed E-state index contributed by atoms with van der Waals surface area (Å²) < 4.78 is 0. The molecule has 0 saturated heterocycles. The maximum Gasteiger partial charge on any atom is 0.209 e. The van der Waals surface area contributed by atoms with Gasteiger partial charge in [0.05, 0.1) is 6.20 Å². The highest BCUT2D eigenvalue weighted by atomic mass is 35.5. The Morgan fingerprint density at radius 2 is 2.10 bits per heavy atom. The van der Waals surface area contributed by atoms with E-state index in [4.69, 9.17) is 11.6 Å². The number of benzene rings is 1. The Morgan fingerprint density at radius 1 is 1.20 bits per heavy atom. The molecule has 0 amide bonds. The molecule has 5 nitrogen and oxygen atoms in total. The maximum atomic E-state index is 6.11. The van der Waals surface area contributed by atoms with Crippen LogP contribution in [0.15, 0.2) is 48.0 Å². The van der Waals surface area contributed by atoms with Crippen LogP contribution in [0.1, 0.15) is 5.56 Å². The van der Waals surface area contributed by atoms with Crippen LogP contribution in [0.4, 0.5) is 0 Å². The van der Waals surface area contributed by atoms with Gasteiger partial charge in [-0.1, -0.05) is 41.6 Å². The van der Waals surface area contributed by atoms with Gasteiger partial charge in [-0.25, -0.2) is 4.98 Å². The number of H-pyrrole nitrogens is 1. The predicted molar refractivity (Wildman–Crippen MR) is 78.4 cm³/mol. The van der Waals surface area contributed by atoms with Crippen molar-refractivity contribution in [2.24, 2.45) is 0 Å². The zero-order chi connectivity index (χ0) is 13.8. The fourth-order valence-corrected chi connectivity index (χ4v) is 2.69. The summed E-state index contributed by atoms with van der Waals surface area (Å²) >= 11 is 7.63. The van der Waals surface area contributed by atoms with Crippen LogP contribution in [-0.4, -0.2) is 25.1 Å². The third-order valence-electron chi connectivity index (χ3n) is 2.59. The van der Waals surface area contributed by atoms with Crippen molar-refractivity contribution in [3.8, 4) is 11.5 Å². The molecule has 1 aromatic carbocycles. The van der Waals surface area contributed by atoms with Crippen molar-refractivity contribution in [1.82, 2.24) is 25.1 Å². The molecule has 20 heavy (non-hydrogen) atoms. The summed E-state index contributed by atoms with van der Waals surface area (Å²) in [7, 11) is 0. The van der Waals surface area contributed by atoms with Crippen molar-refractivity contribution in [2.45, 2.75) is 10.9 Å². The number of thioether (sulfide) groups is 1. The Bertz CT molecular complexity index is 701. The highest BCUT2D eigenvalue weighted by Crippen LogP contribution is 2.25. The molecule has 0 aliphatic carbocycles. The van der Waals surface area contributed by atoms with Gasteiger partial charge in [0.1, 0.15) is 5.69 Å². The minimum atomic E-state index is 0.611. The Kier molecular flexibility index (Phi) is 3.94. The van der Waals surface area contributed by atoms with Gasteiger partial charge in [0, 0.05) is 23.2 Å². The molecule has 0 fully saturated rings. The molecule has 0 atom stereocenters. The van der Waals surface area contributed by atoms with Crippen LogP contribution in [0, 0.1) is 0 Å². The van der Waals surface area contributed by atoms with E-state index in [-0.39, 0.29) is 0 Å². The fraction of sp³-hybridized carbons (Fsp3) is 0.0769. The van der Waals surface area contributed by atoms with Gasteiger partial charge in [-0.05, 0) is 11.6 Å². The standard InChI is InChI=1S/C13H10ClN5S/c14-10-4-2-1-3-9(10)8-20-13-17-12(18-19-13)11-7-15-5-6-16-11/h1-7H,8H2,(H,17,18,19). The molecule has 2 aromatic heterocycles. The molecule has 100 valence electrons. The van der Waals surface area contributed by atoms with Gasteiger partial charge < -0.3 is 0 Å². The van der Waals surface area contributed by atoms with Crippen molar-refractivity contribution < 1.29 is 0 Å². The molecule has 0 radical (unpaired) electrons. The quantitative estimate of drug-likeness (QED) is 0.750. The van der Waals surface area contributed by atoms with E-state index in [1.165, 1.54) is 11.8 Å². The van der Waals surface area contributed by atoms with E-state index in [2.05, 4.69) is 25.1 Å². The van der Waals surface area contributed by atoms with E-state index < -0.39 is 0 Å². The van der Waals surface area contributed by atoms with Gasteiger partial charge in [0.15, 0.2) is 5.82 Å². The summed E-state index contributed by atoms with van der Waals surface area (Å²) in [5.41, 5.74) is 1.73. The highest BCUT2D eigenvalue weighted by Gasteiger charge is 2.08. The molecule has 0 bridgehead atoms. The summed E-state index contributed by atoms with van der Waals surface area (Å²) in [6.45, 7) is 0. The lowest BCUT2D eigenvalue weighted by molar-refractivity contribution is 0.972. The lowest BCUT2D eigenvalue weighted by Crippen LogP contribution is -1.86. The van der Waals surface area contributed by atoms with Crippen LogP contribution in [0.5, 0.6) is 0 Å². The third kappa shape index (κ3) is 2.97. The number of nitrogens with one attached hydrogen (secondary N) is 1. The number of aromatic nitrogens is 5. The number of aromatic amines is 1. The fourth-order valence-electron chi connectivity index (χ4n) is 1.60. The van der Waals surface area contributed by atoms with Gasteiger partial charge in [0.25, 0.3) is 0 Å². The monoisotopic (exact) mass is 303 g/mol. The van der Waals surface area contributed by atoms with E-state index in [0.717, 1.165) is 16.3 Å². The molecular weight excluding hydrogens is 294 g/mol. The topological polar surface area (TPSA) is 67.3 Å². The number of nitrogens with zero attached hydrogens (tertiary/aromatic N) is 4. The second kappa shape index (κ2) is 6.02. The van der Waals surface area contributed by atoms with E-state index in [9.17, 15) is 0 Å². The molecule has 0 spiro atoms. The number of hydrogen-bond acceptors (Lipinski definition) is 5. The van der Waals surface area contributed by atoms with Crippen LogP contribution >= 0.6 is 23.4 Å². The van der Waals surface area contributed by atoms with E-state index >= 15 is 0 Å². The Morgan fingerprint density at radius 3 is 2.90 bits per heavy atom. The molecule has 0 aliphatic heterocycles. The first-order valence-corrected chi connectivity index (χ1v) is 7.24. The lowest BCUT2D eigenvalue weighted by atomic mass is 10.2. The summed E-state index contributed by atoms with van der Waals surface area (Å²) in [6, 6.07) is 7.74. The number of halogens is 1. The zero-order valence-corrected chi connectivity index (χ0v) is 11.9. The Labute approximate surface area is 124 Å². The molecule has 3 aromatic rings. The first-order valence-electron chi connectivity index (χ1n) is 5.88. The van der Waals surface area contributed by atoms with Crippen LogP contribution in [0.3, 0.4) is 0 Å². The summed E-state index contributed by atoms with van der Waals surface area (Å²) in [5.74, 6) is 1.33. The molecular formula is C13H10ClN5S. The van der Waals surface area contributed by atoms with Gasteiger partial charge in [-0.3, -0.25) is 10.1 Å². The van der Waals surface area contributed by atoms with E-state index in [0.29, 0.717) is 16.7 Å². The molecule has 0 aliphatic rings. The maximum absolute atomic E-state index is 6.11. The lowest BCUT2D eigenvalue weighted by Gasteiger charge is -2.00. The normalized spacial score (nSPS) is 10.7. The first-order chi connectivity index (χ1) is 9.83. The van der Waals surface area contributed by atoms with Crippen LogP contribution in [-0.2, 0) is 5.75 Å². The van der Waals surface area contributed by atoms with E-state index in [1.54, 1.807) is 18.6 Å². The van der Waals surface area contributed by atoms with Crippen LogP contribution in [0.2, 0.25) is 5.02 Å². The average molecular weight is 304 g/mol. The molecule has 2 heterocycles. The van der Waals surface area contributed by atoms with Crippen LogP contribution in [0.25, 0.3) is 11.5 Å². The molecule has 1 N–H and O–H groups in total. The summed E-state index contributed by atoms with van der Waals surface area (Å²) in [4.78, 5) is 12.5. The van der Waals surface area contributed by atoms with E-state index in [1.807, 2.05) is 24.3 Å². The molecule has 0 unspecified atom stereocenters. The van der Waals surface area contributed by atoms with Crippen molar-refractivity contribution in [2.75, 3.05) is 0 Å². The molecule has 0 saturated carbocycles.